The highest BCUT2D eigenvalue weighted by Crippen LogP contribution is 2.27. The topological polar surface area (TPSA) is 15.3 Å². The molecule has 0 radical (unpaired) electrons. The maximum absolute atomic E-state index is 3.33. The van der Waals surface area contributed by atoms with Gasteiger partial charge in [-0.1, -0.05) is 0 Å². The van der Waals surface area contributed by atoms with Gasteiger partial charge in [-0.15, -0.1) is 0 Å². The van der Waals surface area contributed by atoms with Crippen molar-refractivity contribution >= 4 is 11.8 Å². The number of nitrogens with zero attached hydrogens (tertiary/aromatic N) is 1. The van der Waals surface area contributed by atoms with Gasteiger partial charge in [-0.3, -0.25) is 4.90 Å². The highest BCUT2D eigenvalue weighted by atomic mass is 32.2. The van der Waals surface area contributed by atoms with Gasteiger partial charge in [-0.2, -0.15) is 11.8 Å². The second-order valence-electron chi connectivity index (χ2n) is 4.46. The second kappa shape index (κ2) is 5.38. The molecule has 0 bridgehead atoms. The maximum Gasteiger partial charge on any atom is 0.0224 e. The Labute approximate surface area is 91.8 Å². The first-order valence-electron chi connectivity index (χ1n) is 5.90. The summed E-state index contributed by atoms with van der Waals surface area (Å²) in [5.74, 6) is 2.77. The number of nitrogens with one attached hydrogen (secondary N) is 1. The average molecular weight is 214 g/mol. The summed E-state index contributed by atoms with van der Waals surface area (Å²) in [6, 6.07) is 1.71. The lowest BCUT2D eigenvalue weighted by Gasteiger charge is -2.35. The zero-order valence-corrected chi connectivity index (χ0v) is 9.98. The Bertz CT molecular complexity index is 169. The molecule has 2 fully saturated rings. The molecule has 2 aliphatic rings. The van der Waals surface area contributed by atoms with Crippen molar-refractivity contribution < 1.29 is 0 Å². The first kappa shape index (κ1) is 10.8. The highest BCUT2D eigenvalue weighted by molar-refractivity contribution is 7.99. The van der Waals surface area contributed by atoms with E-state index in [1.165, 1.54) is 50.3 Å². The molecule has 2 nitrogen and oxygen atoms in total. The average Bonchev–Trinajstić information content (AvgIpc) is 2.68. The molecule has 0 aromatic heterocycles. The Balaban J connectivity index is 1.87. The van der Waals surface area contributed by atoms with Gasteiger partial charge >= 0.3 is 0 Å². The monoisotopic (exact) mass is 214 g/mol. The number of likely N-dealkylation sites (tertiary alicyclic amines) is 1. The summed E-state index contributed by atoms with van der Waals surface area (Å²) < 4.78 is 0. The first-order valence-corrected chi connectivity index (χ1v) is 7.05. The van der Waals surface area contributed by atoms with Gasteiger partial charge in [-0.25, -0.2) is 0 Å². The lowest BCUT2D eigenvalue weighted by Crippen LogP contribution is -2.45. The molecule has 0 amide bonds. The van der Waals surface area contributed by atoms with E-state index in [0.717, 1.165) is 12.1 Å². The van der Waals surface area contributed by atoms with Crippen molar-refractivity contribution in [3.05, 3.63) is 0 Å². The fraction of sp³-hybridized carbons (Fsp3) is 1.00. The van der Waals surface area contributed by atoms with E-state index < -0.39 is 0 Å². The molecule has 0 aromatic carbocycles. The van der Waals surface area contributed by atoms with Crippen LogP contribution in [0.2, 0.25) is 0 Å². The van der Waals surface area contributed by atoms with Crippen molar-refractivity contribution in [2.75, 3.05) is 31.6 Å². The predicted molar refractivity (Wildman–Crippen MR) is 64.0 cm³/mol. The van der Waals surface area contributed by atoms with E-state index in [-0.39, 0.29) is 0 Å². The van der Waals surface area contributed by atoms with Gasteiger partial charge in [0.15, 0.2) is 0 Å². The highest BCUT2D eigenvalue weighted by Gasteiger charge is 2.30. The molecule has 0 aromatic rings. The number of hydrogen-bond donors (Lipinski definition) is 1. The molecular weight excluding hydrogens is 192 g/mol. The van der Waals surface area contributed by atoms with Gasteiger partial charge in [0.25, 0.3) is 0 Å². The Hall–Kier alpha value is 0.270. The maximum atomic E-state index is 3.33. The third kappa shape index (κ3) is 2.44. The van der Waals surface area contributed by atoms with E-state index >= 15 is 0 Å². The van der Waals surface area contributed by atoms with Gasteiger partial charge in [-0.05, 0) is 45.0 Å². The predicted octanol–water partition coefficient (Wildman–Crippen LogP) is 1.57. The standard InChI is InChI=1S/C11H22N2S/c1-12-8-10-4-2-6-13(10)11-5-3-7-14-9-11/h10-12H,2-9H2,1H3. The Morgan fingerprint density at radius 2 is 2.29 bits per heavy atom. The fourth-order valence-corrected chi connectivity index (χ4v) is 3.95. The molecule has 14 heavy (non-hydrogen) atoms. The van der Waals surface area contributed by atoms with Crippen molar-refractivity contribution in [2.24, 2.45) is 0 Å². The number of likely N-dealkylation sites (N-methyl/N-ethyl adjacent to an activating group) is 1. The Morgan fingerprint density at radius 1 is 1.36 bits per heavy atom. The van der Waals surface area contributed by atoms with Crippen LogP contribution in [-0.2, 0) is 0 Å². The fourth-order valence-electron chi connectivity index (χ4n) is 2.78. The molecule has 82 valence electrons. The minimum atomic E-state index is 0.823. The summed E-state index contributed by atoms with van der Waals surface area (Å²) in [7, 11) is 2.08. The third-order valence-corrected chi connectivity index (χ3v) is 4.67. The van der Waals surface area contributed by atoms with Crippen molar-refractivity contribution in [1.29, 1.82) is 0 Å². The third-order valence-electron chi connectivity index (χ3n) is 3.47. The lowest BCUT2D eigenvalue weighted by molar-refractivity contribution is 0.182. The molecule has 0 aliphatic carbocycles. The number of rotatable bonds is 3. The van der Waals surface area contributed by atoms with Gasteiger partial charge in [0.1, 0.15) is 0 Å². The van der Waals surface area contributed by atoms with Gasteiger partial charge in [0, 0.05) is 24.4 Å². The van der Waals surface area contributed by atoms with E-state index in [2.05, 4.69) is 29.0 Å². The molecular formula is C11H22N2S. The first-order chi connectivity index (χ1) is 6.92. The van der Waals surface area contributed by atoms with Crippen LogP contribution in [-0.4, -0.2) is 48.6 Å². The smallest absolute Gasteiger partial charge is 0.0224 e. The molecule has 2 saturated heterocycles. The molecule has 1 N–H and O–H groups in total. The van der Waals surface area contributed by atoms with Crippen LogP contribution in [0.5, 0.6) is 0 Å². The SMILES string of the molecule is CNCC1CCCN1C1CCCSC1. The quantitative estimate of drug-likeness (QED) is 0.768. The van der Waals surface area contributed by atoms with Crippen molar-refractivity contribution in [2.45, 2.75) is 37.8 Å². The zero-order chi connectivity index (χ0) is 9.80. The Morgan fingerprint density at radius 3 is 3.00 bits per heavy atom. The summed E-state index contributed by atoms with van der Waals surface area (Å²) in [6.07, 6.45) is 5.68. The van der Waals surface area contributed by atoms with Crippen molar-refractivity contribution in [3.63, 3.8) is 0 Å². The molecule has 2 unspecified atom stereocenters. The van der Waals surface area contributed by atoms with Crippen LogP contribution in [0.4, 0.5) is 0 Å². The van der Waals surface area contributed by atoms with Gasteiger partial charge in [0.05, 0.1) is 0 Å². The summed E-state index contributed by atoms with van der Waals surface area (Å²) in [6.45, 7) is 2.53. The summed E-state index contributed by atoms with van der Waals surface area (Å²) in [5, 5.41) is 3.33. The second-order valence-corrected chi connectivity index (χ2v) is 5.61. The van der Waals surface area contributed by atoms with Crippen LogP contribution in [0.25, 0.3) is 0 Å². The number of thioether (sulfide) groups is 1. The molecule has 0 saturated carbocycles. The Kier molecular flexibility index (Phi) is 4.14. The summed E-state index contributed by atoms with van der Waals surface area (Å²) in [4.78, 5) is 2.77. The van der Waals surface area contributed by atoms with E-state index in [1.807, 2.05) is 0 Å². The summed E-state index contributed by atoms with van der Waals surface area (Å²) >= 11 is 2.15. The molecule has 2 atom stereocenters. The van der Waals surface area contributed by atoms with Crippen LogP contribution in [0.15, 0.2) is 0 Å². The van der Waals surface area contributed by atoms with Crippen LogP contribution in [0.1, 0.15) is 25.7 Å². The van der Waals surface area contributed by atoms with E-state index in [4.69, 9.17) is 0 Å². The molecule has 2 aliphatic heterocycles. The zero-order valence-electron chi connectivity index (χ0n) is 9.17. The van der Waals surface area contributed by atoms with E-state index in [9.17, 15) is 0 Å². The van der Waals surface area contributed by atoms with E-state index in [0.29, 0.717) is 0 Å². The molecule has 0 spiro atoms. The van der Waals surface area contributed by atoms with Gasteiger partial charge < -0.3 is 5.32 Å². The largest absolute Gasteiger partial charge is 0.318 e. The molecule has 2 heterocycles. The minimum absolute atomic E-state index is 0.823. The van der Waals surface area contributed by atoms with Crippen LogP contribution >= 0.6 is 11.8 Å². The minimum Gasteiger partial charge on any atom is -0.318 e. The van der Waals surface area contributed by atoms with Gasteiger partial charge in [0.2, 0.25) is 0 Å². The van der Waals surface area contributed by atoms with Crippen LogP contribution in [0.3, 0.4) is 0 Å². The molecule has 2 rings (SSSR count). The normalized spacial score (nSPS) is 34.9. The lowest BCUT2D eigenvalue weighted by atomic mass is 10.1. The van der Waals surface area contributed by atoms with Crippen molar-refractivity contribution in [1.82, 2.24) is 10.2 Å². The number of hydrogen-bond acceptors (Lipinski definition) is 3. The van der Waals surface area contributed by atoms with Crippen molar-refractivity contribution in [3.8, 4) is 0 Å². The van der Waals surface area contributed by atoms with Crippen LogP contribution < -0.4 is 5.32 Å². The summed E-state index contributed by atoms with van der Waals surface area (Å²) in [5.41, 5.74) is 0. The molecule has 3 heteroatoms. The van der Waals surface area contributed by atoms with E-state index in [1.54, 1.807) is 0 Å². The van der Waals surface area contributed by atoms with Crippen LogP contribution in [0, 0.1) is 0 Å².